The molecule has 2 heteroatoms. The van der Waals surface area contributed by atoms with E-state index < -0.39 is 0 Å². The highest BCUT2D eigenvalue weighted by Crippen LogP contribution is 2.70. The van der Waals surface area contributed by atoms with E-state index in [0.717, 1.165) is 48.9 Å². The minimum Gasteiger partial charge on any atom is -0.459 e. The van der Waals surface area contributed by atoms with E-state index in [1.165, 1.54) is 25.7 Å². The molecule has 5 saturated carbocycles. The topological polar surface area (TPSA) is 26.3 Å². The van der Waals surface area contributed by atoms with Gasteiger partial charge in [0.15, 0.2) is 0 Å². The third kappa shape index (κ3) is 1.98. The van der Waals surface area contributed by atoms with Gasteiger partial charge in [-0.25, -0.2) is 0 Å². The number of ether oxygens (including phenoxy) is 1. The third-order valence-corrected chi connectivity index (χ3v) is 8.75. The summed E-state index contributed by atoms with van der Waals surface area (Å²) in [6.45, 7) is 14.4. The number of hydrogen-bond acceptors (Lipinski definition) is 2. The Kier molecular flexibility index (Phi) is 3.43. The summed E-state index contributed by atoms with van der Waals surface area (Å²) in [5.74, 6) is 4.84. The van der Waals surface area contributed by atoms with Gasteiger partial charge < -0.3 is 4.74 Å². The van der Waals surface area contributed by atoms with Crippen molar-refractivity contribution in [2.24, 2.45) is 53.3 Å². The van der Waals surface area contributed by atoms with E-state index in [9.17, 15) is 4.79 Å². The lowest BCUT2D eigenvalue weighted by molar-refractivity contribution is -0.178. The van der Waals surface area contributed by atoms with Gasteiger partial charge in [-0.1, -0.05) is 6.92 Å². The van der Waals surface area contributed by atoms with Gasteiger partial charge in [-0.2, -0.15) is 0 Å². The zero-order chi connectivity index (χ0) is 16.6. The molecule has 0 heterocycles. The predicted molar refractivity (Wildman–Crippen MR) is 91.4 cm³/mol. The molecule has 0 aromatic heterocycles. The van der Waals surface area contributed by atoms with Crippen LogP contribution in [-0.2, 0) is 9.53 Å². The average Bonchev–Trinajstić information content (AvgIpc) is 3.31. The highest BCUT2D eigenvalue weighted by atomic mass is 16.6. The molecule has 24 heavy (non-hydrogen) atoms. The van der Waals surface area contributed by atoms with Crippen molar-refractivity contribution in [3.05, 3.63) is 13.8 Å². The highest BCUT2D eigenvalue weighted by molar-refractivity contribution is 5.74. The van der Waals surface area contributed by atoms with Gasteiger partial charge in [0, 0.05) is 5.92 Å². The summed E-state index contributed by atoms with van der Waals surface area (Å²) in [5.41, 5.74) is -0.195. The summed E-state index contributed by atoms with van der Waals surface area (Å²) in [7, 11) is 0. The first-order chi connectivity index (χ1) is 11.5. The molecule has 5 aliphatic rings. The number of hydrogen-bond donors (Lipinski definition) is 0. The quantitative estimate of drug-likeness (QED) is 0.566. The molecule has 10 atom stereocenters. The number of carbonyl (C=O) groups excluding carboxylic acids is 1. The Morgan fingerprint density at radius 2 is 1.79 bits per heavy atom. The Morgan fingerprint density at radius 3 is 2.46 bits per heavy atom. The molecule has 4 bridgehead atoms. The molecule has 5 fully saturated rings. The van der Waals surface area contributed by atoms with Gasteiger partial charge >= 0.3 is 5.97 Å². The van der Waals surface area contributed by atoms with E-state index in [4.69, 9.17) is 18.6 Å². The van der Waals surface area contributed by atoms with Crippen LogP contribution in [0.25, 0.3) is 0 Å². The van der Waals surface area contributed by atoms with Crippen molar-refractivity contribution < 1.29 is 9.53 Å². The highest BCUT2D eigenvalue weighted by Gasteiger charge is 2.67. The fraction of sp³-hybridized carbons (Fsp3) is 0.864. The monoisotopic (exact) mass is 326 g/mol. The second-order valence-corrected chi connectivity index (χ2v) is 9.64. The van der Waals surface area contributed by atoms with Gasteiger partial charge in [-0.15, -0.1) is 0 Å². The minimum absolute atomic E-state index is 0.0513. The van der Waals surface area contributed by atoms with Crippen molar-refractivity contribution in [2.75, 3.05) is 0 Å². The van der Waals surface area contributed by atoms with E-state index in [-0.39, 0.29) is 29.3 Å². The van der Waals surface area contributed by atoms with Crippen LogP contribution in [0.15, 0.2) is 0 Å². The average molecular weight is 326 g/mol. The lowest BCUT2D eigenvalue weighted by Crippen LogP contribution is -2.48. The third-order valence-electron chi connectivity index (χ3n) is 8.75. The van der Waals surface area contributed by atoms with Crippen LogP contribution >= 0.6 is 0 Å². The second-order valence-electron chi connectivity index (χ2n) is 9.64. The normalized spacial score (nSPS) is 57.5. The molecule has 0 aromatic carbocycles. The predicted octanol–water partition coefficient (Wildman–Crippen LogP) is 4.45. The van der Waals surface area contributed by atoms with Crippen LogP contribution in [0.2, 0.25) is 0 Å². The van der Waals surface area contributed by atoms with Crippen molar-refractivity contribution in [1.82, 2.24) is 0 Å². The SMILES string of the molecule is [CH]C1CC([CH])C(C(=O)OC2(CC)CC3CC2C2C4CCC(C4)C32)C1. The molecule has 0 N–H and O–H groups in total. The maximum absolute atomic E-state index is 12.9. The maximum Gasteiger partial charge on any atom is 0.309 e. The molecule has 10 unspecified atom stereocenters. The molecule has 2 nitrogen and oxygen atoms in total. The molecular formula is C22H30O2. The number of esters is 1. The van der Waals surface area contributed by atoms with E-state index in [2.05, 4.69) is 6.92 Å². The molecule has 0 spiro atoms. The van der Waals surface area contributed by atoms with Gasteiger partial charge in [-0.05, 0) is 107 Å². The maximum atomic E-state index is 12.9. The smallest absolute Gasteiger partial charge is 0.309 e. The summed E-state index contributed by atoms with van der Waals surface area (Å²) >= 11 is 0. The van der Waals surface area contributed by atoms with Crippen LogP contribution in [0, 0.1) is 67.1 Å². The molecule has 0 aromatic rings. The Bertz CT molecular complexity index is 542. The van der Waals surface area contributed by atoms with Crippen LogP contribution in [0.4, 0.5) is 0 Å². The lowest BCUT2D eigenvalue weighted by atomic mass is 9.65. The first-order valence-corrected chi connectivity index (χ1v) is 10.3. The van der Waals surface area contributed by atoms with Crippen molar-refractivity contribution in [1.29, 1.82) is 0 Å². The number of fused-ring (bicyclic) bond motifs is 9. The summed E-state index contributed by atoms with van der Waals surface area (Å²) < 4.78 is 6.33. The summed E-state index contributed by atoms with van der Waals surface area (Å²) in [6, 6.07) is 0. The largest absolute Gasteiger partial charge is 0.459 e. The number of carbonyl (C=O) groups is 1. The van der Waals surface area contributed by atoms with Gasteiger partial charge in [0.1, 0.15) is 5.60 Å². The summed E-state index contributed by atoms with van der Waals surface area (Å²) in [4.78, 5) is 12.9. The Balaban J connectivity index is 1.36. The van der Waals surface area contributed by atoms with Crippen molar-refractivity contribution in [3.63, 3.8) is 0 Å². The molecule has 0 aliphatic heterocycles. The fourth-order valence-corrected chi connectivity index (χ4v) is 7.95. The van der Waals surface area contributed by atoms with Crippen LogP contribution in [-0.4, -0.2) is 11.6 Å². The standard InChI is InChI=1S/C22H30O2/c1-4-22(24-21(23)17-8-12(2)7-13(17)3)11-16-10-18(22)20-15-6-5-14(9-15)19(16)20/h2-3,12-20H,4-11H2,1H3. The molecule has 4 radical (unpaired) electrons. The molecule has 5 aliphatic carbocycles. The molecule has 5 rings (SSSR count). The number of rotatable bonds is 3. The Labute approximate surface area is 147 Å². The van der Waals surface area contributed by atoms with Gasteiger partial charge in [0.05, 0.1) is 5.92 Å². The lowest BCUT2D eigenvalue weighted by Gasteiger charge is -2.46. The minimum atomic E-state index is -0.195. The first kappa shape index (κ1) is 15.7. The van der Waals surface area contributed by atoms with E-state index >= 15 is 0 Å². The molecular weight excluding hydrogens is 296 g/mol. The molecule has 130 valence electrons. The van der Waals surface area contributed by atoms with Crippen molar-refractivity contribution >= 4 is 5.97 Å². The Morgan fingerprint density at radius 1 is 1.04 bits per heavy atom. The molecule has 0 amide bonds. The van der Waals surface area contributed by atoms with Crippen molar-refractivity contribution in [3.8, 4) is 0 Å². The van der Waals surface area contributed by atoms with Crippen LogP contribution in [0.3, 0.4) is 0 Å². The molecule has 0 saturated heterocycles. The fourth-order valence-electron chi connectivity index (χ4n) is 7.95. The van der Waals surface area contributed by atoms with Crippen LogP contribution in [0.5, 0.6) is 0 Å². The van der Waals surface area contributed by atoms with E-state index in [0.29, 0.717) is 12.3 Å². The van der Waals surface area contributed by atoms with E-state index in [1.54, 1.807) is 0 Å². The second kappa shape index (κ2) is 5.24. The van der Waals surface area contributed by atoms with Crippen LogP contribution in [0.1, 0.15) is 58.3 Å². The first-order valence-electron chi connectivity index (χ1n) is 10.3. The van der Waals surface area contributed by atoms with E-state index in [1.807, 2.05) is 0 Å². The summed E-state index contributed by atoms with van der Waals surface area (Å²) in [6.07, 6.45) is 9.17. The van der Waals surface area contributed by atoms with Gasteiger partial charge in [0.25, 0.3) is 0 Å². The zero-order valence-corrected chi connectivity index (χ0v) is 14.8. The summed E-state index contributed by atoms with van der Waals surface area (Å²) in [5, 5.41) is 0. The van der Waals surface area contributed by atoms with Gasteiger partial charge in [0.2, 0.25) is 0 Å². The zero-order valence-electron chi connectivity index (χ0n) is 14.8. The van der Waals surface area contributed by atoms with Gasteiger partial charge in [-0.3, -0.25) is 4.79 Å². The van der Waals surface area contributed by atoms with Crippen molar-refractivity contribution in [2.45, 2.75) is 63.9 Å². The Hall–Kier alpha value is -0.530. The van der Waals surface area contributed by atoms with Crippen LogP contribution < -0.4 is 0 Å².